The van der Waals surface area contributed by atoms with Crippen LogP contribution in [0.15, 0.2) is 47.1 Å². The van der Waals surface area contributed by atoms with Gasteiger partial charge in [-0.25, -0.2) is 4.79 Å². The molecular weight excluding hydrogens is 300 g/mol. The molecular formula is C17H19ClN2O2. The maximum absolute atomic E-state index is 12.4. The summed E-state index contributed by atoms with van der Waals surface area (Å²) in [6, 6.07) is 11.3. The van der Waals surface area contributed by atoms with Crippen LogP contribution in [-0.2, 0) is 6.54 Å². The molecule has 22 heavy (non-hydrogen) atoms. The molecule has 1 N–H and O–H groups in total. The maximum Gasteiger partial charge on any atom is 0.318 e. The van der Waals surface area contributed by atoms with Crippen molar-refractivity contribution in [2.45, 2.75) is 25.4 Å². The number of nitrogens with one attached hydrogen (secondary N) is 1. The van der Waals surface area contributed by atoms with Crippen molar-refractivity contribution in [1.29, 1.82) is 0 Å². The minimum Gasteiger partial charge on any atom is -0.467 e. The molecule has 1 aromatic carbocycles. The summed E-state index contributed by atoms with van der Waals surface area (Å²) in [5, 5.41) is 3.84. The van der Waals surface area contributed by atoms with Gasteiger partial charge in [0.05, 0.1) is 18.8 Å². The number of hydrogen-bond donors (Lipinski definition) is 1. The zero-order valence-electron chi connectivity index (χ0n) is 12.5. The monoisotopic (exact) mass is 318 g/mol. The van der Waals surface area contributed by atoms with Gasteiger partial charge < -0.3 is 14.6 Å². The standard InChI is InChI=1S/C17H19ClN2O2/c1-20(11-15-3-2-10-22-15)17(21)19-16(12-4-5-12)13-6-8-14(18)9-7-13/h2-3,6-10,12,16H,4-5,11H2,1H3,(H,19,21). The highest BCUT2D eigenvalue weighted by Crippen LogP contribution is 2.41. The summed E-state index contributed by atoms with van der Waals surface area (Å²) >= 11 is 5.94. The first-order valence-corrected chi connectivity index (χ1v) is 7.81. The summed E-state index contributed by atoms with van der Waals surface area (Å²) in [5.74, 6) is 1.29. The number of furan rings is 1. The molecule has 0 radical (unpaired) electrons. The van der Waals surface area contributed by atoms with Crippen molar-refractivity contribution in [3.8, 4) is 0 Å². The molecule has 4 nitrogen and oxygen atoms in total. The zero-order chi connectivity index (χ0) is 15.5. The van der Waals surface area contributed by atoms with E-state index < -0.39 is 0 Å². The molecule has 0 saturated heterocycles. The number of halogens is 1. The van der Waals surface area contributed by atoms with Gasteiger partial charge in [0, 0.05) is 12.1 Å². The molecule has 1 unspecified atom stereocenters. The van der Waals surface area contributed by atoms with Crippen molar-refractivity contribution in [2.24, 2.45) is 5.92 Å². The Hall–Kier alpha value is -1.94. The number of nitrogens with zero attached hydrogens (tertiary/aromatic N) is 1. The lowest BCUT2D eigenvalue weighted by Gasteiger charge is -2.23. The predicted molar refractivity (Wildman–Crippen MR) is 85.6 cm³/mol. The lowest BCUT2D eigenvalue weighted by atomic mass is 10.0. The quantitative estimate of drug-likeness (QED) is 0.897. The van der Waals surface area contributed by atoms with Gasteiger partial charge in [0.25, 0.3) is 0 Å². The minimum atomic E-state index is -0.0942. The highest BCUT2D eigenvalue weighted by atomic mass is 35.5. The first kappa shape index (κ1) is 15.0. The molecule has 1 heterocycles. The second kappa shape index (κ2) is 6.44. The molecule has 0 bridgehead atoms. The van der Waals surface area contributed by atoms with E-state index in [2.05, 4.69) is 5.32 Å². The Morgan fingerprint density at radius 1 is 1.36 bits per heavy atom. The first-order valence-electron chi connectivity index (χ1n) is 7.43. The fraction of sp³-hybridized carbons (Fsp3) is 0.353. The molecule has 2 amide bonds. The van der Waals surface area contributed by atoms with E-state index in [0.717, 1.165) is 24.2 Å². The number of amides is 2. The van der Waals surface area contributed by atoms with Crippen LogP contribution in [0.4, 0.5) is 4.79 Å². The number of rotatable bonds is 5. The van der Waals surface area contributed by atoms with Crippen LogP contribution in [0.5, 0.6) is 0 Å². The molecule has 5 heteroatoms. The topological polar surface area (TPSA) is 45.5 Å². The van der Waals surface area contributed by atoms with E-state index in [1.54, 1.807) is 18.2 Å². The number of carbonyl (C=O) groups is 1. The van der Waals surface area contributed by atoms with Crippen LogP contribution in [0.2, 0.25) is 5.02 Å². The van der Waals surface area contributed by atoms with Crippen molar-refractivity contribution in [2.75, 3.05) is 7.05 Å². The zero-order valence-corrected chi connectivity index (χ0v) is 13.2. The van der Waals surface area contributed by atoms with Crippen LogP contribution >= 0.6 is 11.6 Å². The Morgan fingerprint density at radius 2 is 2.09 bits per heavy atom. The molecule has 2 aromatic rings. The normalized spacial score (nSPS) is 15.4. The van der Waals surface area contributed by atoms with Gasteiger partial charge in [-0.1, -0.05) is 23.7 Å². The highest BCUT2D eigenvalue weighted by Gasteiger charge is 2.34. The summed E-state index contributed by atoms with van der Waals surface area (Å²) in [5.41, 5.74) is 1.10. The molecule has 1 atom stereocenters. The molecule has 116 valence electrons. The Bertz CT molecular complexity index is 621. The molecule has 0 spiro atoms. The second-order valence-corrected chi connectivity index (χ2v) is 6.19. The average molecular weight is 319 g/mol. The van der Waals surface area contributed by atoms with Crippen LogP contribution in [0.1, 0.15) is 30.2 Å². The molecule has 1 aliphatic rings. The predicted octanol–water partition coefficient (Wildman–Crippen LogP) is 4.23. The number of carbonyl (C=O) groups excluding carboxylic acids is 1. The Balaban J connectivity index is 1.65. The lowest BCUT2D eigenvalue weighted by molar-refractivity contribution is 0.197. The summed E-state index contributed by atoms with van der Waals surface area (Å²) in [7, 11) is 1.77. The smallest absolute Gasteiger partial charge is 0.318 e. The van der Waals surface area contributed by atoms with Crippen molar-refractivity contribution < 1.29 is 9.21 Å². The van der Waals surface area contributed by atoms with Gasteiger partial charge in [-0.3, -0.25) is 0 Å². The van der Waals surface area contributed by atoms with Gasteiger partial charge in [0.2, 0.25) is 0 Å². The van der Waals surface area contributed by atoms with Crippen molar-refractivity contribution in [3.05, 3.63) is 59.0 Å². The molecule has 1 aromatic heterocycles. The van der Waals surface area contributed by atoms with E-state index >= 15 is 0 Å². The van der Waals surface area contributed by atoms with Crippen LogP contribution in [0, 0.1) is 5.92 Å². The van der Waals surface area contributed by atoms with E-state index in [0.29, 0.717) is 17.5 Å². The van der Waals surface area contributed by atoms with Gasteiger partial charge in [0.15, 0.2) is 0 Å². The second-order valence-electron chi connectivity index (χ2n) is 5.75. The summed E-state index contributed by atoms with van der Waals surface area (Å²) in [6.45, 7) is 0.455. The van der Waals surface area contributed by atoms with E-state index in [-0.39, 0.29) is 12.1 Å². The third-order valence-electron chi connectivity index (χ3n) is 3.92. The fourth-order valence-electron chi connectivity index (χ4n) is 2.52. The van der Waals surface area contributed by atoms with E-state index in [9.17, 15) is 4.79 Å². The third kappa shape index (κ3) is 3.63. The molecule has 1 aliphatic carbocycles. The molecule has 3 rings (SSSR count). The SMILES string of the molecule is CN(Cc1ccco1)C(=O)NC(c1ccc(Cl)cc1)C1CC1. The van der Waals surface area contributed by atoms with E-state index in [1.807, 2.05) is 36.4 Å². The largest absolute Gasteiger partial charge is 0.467 e. The van der Waals surface area contributed by atoms with Crippen LogP contribution in [-0.4, -0.2) is 18.0 Å². The number of urea groups is 1. The van der Waals surface area contributed by atoms with Gasteiger partial charge in [-0.2, -0.15) is 0 Å². The summed E-state index contributed by atoms with van der Waals surface area (Å²) in [4.78, 5) is 14.0. The Kier molecular flexibility index (Phi) is 4.39. The van der Waals surface area contributed by atoms with Crippen LogP contribution in [0.25, 0.3) is 0 Å². The molecule has 1 saturated carbocycles. The number of hydrogen-bond acceptors (Lipinski definition) is 2. The maximum atomic E-state index is 12.4. The fourth-order valence-corrected chi connectivity index (χ4v) is 2.65. The lowest BCUT2D eigenvalue weighted by Crippen LogP contribution is -2.39. The highest BCUT2D eigenvalue weighted by molar-refractivity contribution is 6.30. The summed E-state index contributed by atoms with van der Waals surface area (Å²) in [6.07, 6.45) is 3.91. The third-order valence-corrected chi connectivity index (χ3v) is 4.17. The van der Waals surface area contributed by atoms with Crippen molar-refractivity contribution in [3.63, 3.8) is 0 Å². The van der Waals surface area contributed by atoms with Crippen LogP contribution in [0.3, 0.4) is 0 Å². The molecule has 1 fully saturated rings. The van der Waals surface area contributed by atoms with Gasteiger partial charge >= 0.3 is 6.03 Å². The summed E-state index contributed by atoms with van der Waals surface area (Å²) < 4.78 is 5.28. The number of benzene rings is 1. The van der Waals surface area contributed by atoms with Gasteiger partial charge in [0.1, 0.15) is 5.76 Å². The van der Waals surface area contributed by atoms with Crippen molar-refractivity contribution >= 4 is 17.6 Å². The first-order chi connectivity index (χ1) is 10.6. The van der Waals surface area contributed by atoms with Crippen molar-refractivity contribution in [1.82, 2.24) is 10.2 Å². The Labute approximate surface area is 135 Å². The Morgan fingerprint density at radius 3 is 2.68 bits per heavy atom. The van der Waals surface area contributed by atoms with Gasteiger partial charge in [-0.05, 0) is 48.6 Å². The minimum absolute atomic E-state index is 0.0452. The van der Waals surface area contributed by atoms with Gasteiger partial charge in [-0.15, -0.1) is 0 Å². The molecule has 0 aliphatic heterocycles. The van der Waals surface area contributed by atoms with E-state index in [1.165, 1.54) is 0 Å². The van der Waals surface area contributed by atoms with E-state index in [4.69, 9.17) is 16.0 Å². The average Bonchev–Trinajstić information content (AvgIpc) is 3.23. The van der Waals surface area contributed by atoms with Crippen LogP contribution < -0.4 is 5.32 Å².